The number of halogens is 2. The fraction of sp³-hybridized carbons (Fsp3) is 0.370. The van der Waals surface area contributed by atoms with Gasteiger partial charge in [-0.25, -0.2) is 4.39 Å². The maximum Gasteiger partial charge on any atom is 0.257 e. The molecule has 2 atom stereocenters. The highest BCUT2D eigenvalue weighted by Gasteiger charge is 2.30. The minimum Gasteiger partial charge on any atom is -0.493 e. The molecule has 202 valence electrons. The van der Waals surface area contributed by atoms with Crippen molar-refractivity contribution in [1.82, 2.24) is 15.8 Å². The third-order valence-electron chi connectivity index (χ3n) is 6.64. The molecule has 1 aliphatic carbocycles. The Balaban J connectivity index is 1.38. The zero-order valence-corrected chi connectivity index (χ0v) is 22.3. The highest BCUT2D eigenvalue weighted by Crippen LogP contribution is 2.38. The standard InChI is InChI=1S/C27H29ClFN3O6/c1-14-22(24(32-38-14)23-18(28)6-5-7-19(23)29)27(34)31-17-9-8-15(10-17)13-30-26(33)16-11-20(35-2)25(37-4)21(12-16)36-3/h5-7,11-12,15,17H,8-10,13H2,1-4H3,(H,30,33)(H,31,34)/t15?,17-/m0/s1. The second-order valence-corrected chi connectivity index (χ2v) is 9.44. The van der Waals surface area contributed by atoms with Crippen molar-refractivity contribution in [2.45, 2.75) is 32.2 Å². The number of aryl methyl sites for hydroxylation is 1. The molecule has 9 nitrogen and oxygen atoms in total. The van der Waals surface area contributed by atoms with Gasteiger partial charge in [-0.2, -0.15) is 0 Å². The van der Waals surface area contributed by atoms with Crippen molar-refractivity contribution in [2.75, 3.05) is 27.9 Å². The fourth-order valence-corrected chi connectivity index (χ4v) is 4.99. The lowest BCUT2D eigenvalue weighted by atomic mass is 10.0. The highest BCUT2D eigenvalue weighted by molar-refractivity contribution is 6.33. The van der Waals surface area contributed by atoms with Gasteiger partial charge < -0.3 is 29.4 Å². The van der Waals surface area contributed by atoms with Crippen LogP contribution in [0, 0.1) is 18.7 Å². The van der Waals surface area contributed by atoms with Gasteiger partial charge in [0.2, 0.25) is 5.75 Å². The quantitative estimate of drug-likeness (QED) is 0.397. The van der Waals surface area contributed by atoms with E-state index in [0.717, 1.165) is 12.8 Å². The Morgan fingerprint density at radius 1 is 1.11 bits per heavy atom. The van der Waals surface area contributed by atoms with Crippen molar-refractivity contribution in [3.63, 3.8) is 0 Å². The maximum atomic E-state index is 14.5. The number of rotatable bonds is 9. The van der Waals surface area contributed by atoms with Crippen LogP contribution in [0.15, 0.2) is 34.9 Å². The minimum absolute atomic E-state index is 0.0231. The summed E-state index contributed by atoms with van der Waals surface area (Å²) in [6, 6.07) is 7.32. The molecule has 0 saturated heterocycles. The van der Waals surface area contributed by atoms with Crippen LogP contribution in [-0.2, 0) is 0 Å². The van der Waals surface area contributed by atoms with Gasteiger partial charge in [0.25, 0.3) is 11.8 Å². The smallest absolute Gasteiger partial charge is 0.257 e. The van der Waals surface area contributed by atoms with Crippen molar-refractivity contribution in [1.29, 1.82) is 0 Å². The molecule has 0 spiro atoms. The summed E-state index contributed by atoms with van der Waals surface area (Å²) in [6.07, 6.45) is 2.22. The molecule has 0 aliphatic heterocycles. The highest BCUT2D eigenvalue weighted by atomic mass is 35.5. The first kappa shape index (κ1) is 27.3. The van der Waals surface area contributed by atoms with Crippen LogP contribution < -0.4 is 24.8 Å². The maximum absolute atomic E-state index is 14.5. The molecule has 1 heterocycles. The van der Waals surface area contributed by atoms with Gasteiger partial charge in [-0.1, -0.05) is 22.8 Å². The summed E-state index contributed by atoms with van der Waals surface area (Å²) in [6.45, 7) is 2.03. The number of carbonyl (C=O) groups excluding carboxylic acids is 2. The predicted octanol–water partition coefficient (Wildman–Crippen LogP) is 4.80. The summed E-state index contributed by atoms with van der Waals surface area (Å²) in [5, 5.41) is 9.98. The summed E-state index contributed by atoms with van der Waals surface area (Å²) in [5.41, 5.74) is 0.617. The van der Waals surface area contributed by atoms with Crippen LogP contribution in [-0.4, -0.2) is 50.9 Å². The second kappa shape index (κ2) is 11.7. The molecular weight excluding hydrogens is 517 g/mol. The minimum atomic E-state index is -0.594. The van der Waals surface area contributed by atoms with Crippen LogP contribution in [0.25, 0.3) is 11.3 Å². The number of hydrogen-bond donors (Lipinski definition) is 2. The Kier molecular flexibility index (Phi) is 8.41. The molecule has 0 bridgehead atoms. The van der Waals surface area contributed by atoms with Gasteiger partial charge in [-0.05, 0) is 56.4 Å². The largest absolute Gasteiger partial charge is 0.493 e. The average Bonchev–Trinajstić information content (AvgIpc) is 3.52. The van der Waals surface area contributed by atoms with Crippen LogP contribution in [0.5, 0.6) is 17.2 Å². The first-order valence-electron chi connectivity index (χ1n) is 12.1. The Hall–Kier alpha value is -3.79. The third kappa shape index (κ3) is 5.55. The van der Waals surface area contributed by atoms with E-state index in [4.69, 9.17) is 30.3 Å². The first-order valence-corrected chi connectivity index (χ1v) is 12.4. The zero-order valence-electron chi connectivity index (χ0n) is 21.5. The van der Waals surface area contributed by atoms with Gasteiger partial charge in [-0.3, -0.25) is 9.59 Å². The van der Waals surface area contributed by atoms with Gasteiger partial charge in [0.1, 0.15) is 22.8 Å². The van der Waals surface area contributed by atoms with Crippen LogP contribution in [0.2, 0.25) is 5.02 Å². The van der Waals surface area contributed by atoms with Crippen molar-refractivity contribution < 1.29 is 32.7 Å². The summed E-state index contributed by atoms with van der Waals surface area (Å²) in [5.74, 6) is 0.335. The normalized spacial score (nSPS) is 16.7. The first-order chi connectivity index (χ1) is 18.3. The van der Waals surface area contributed by atoms with E-state index in [2.05, 4.69) is 15.8 Å². The van der Waals surface area contributed by atoms with E-state index in [9.17, 15) is 14.0 Å². The van der Waals surface area contributed by atoms with E-state index in [1.807, 2.05) is 0 Å². The number of nitrogens with zero attached hydrogens (tertiary/aromatic N) is 1. The summed E-state index contributed by atoms with van der Waals surface area (Å²) < 4.78 is 35.6. The van der Waals surface area contributed by atoms with Gasteiger partial charge in [0, 0.05) is 18.2 Å². The second-order valence-electron chi connectivity index (χ2n) is 9.03. The molecule has 38 heavy (non-hydrogen) atoms. The van der Waals surface area contributed by atoms with E-state index in [0.29, 0.717) is 35.8 Å². The summed E-state index contributed by atoms with van der Waals surface area (Å²) >= 11 is 6.18. The number of benzene rings is 2. The molecule has 1 fully saturated rings. The molecule has 2 amide bonds. The third-order valence-corrected chi connectivity index (χ3v) is 6.96. The van der Waals surface area contributed by atoms with Crippen LogP contribution in [0.1, 0.15) is 45.7 Å². The van der Waals surface area contributed by atoms with Crippen molar-refractivity contribution in [3.8, 4) is 28.5 Å². The number of amides is 2. The molecule has 1 aromatic heterocycles. The Labute approximate surface area is 224 Å². The molecule has 2 N–H and O–H groups in total. The molecule has 4 rings (SSSR count). The van der Waals surface area contributed by atoms with Crippen LogP contribution >= 0.6 is 11.6 Å². The SMILES string of the molecule is COc1cc(C(=O)NCC2CC[C@H](NC(=O)c3c(-c4c(F)cccc4Cl)noc3C)C2)cc(OC)c1OC. The summed E-state index contributed by atoms with van der Waals surface area (Å²) in [4.78, 5) is 26.0. The number of nitrogens with one attached hydrogen (secondary N) is 2. The zero-order chi connectivity index (χ0) is 27.4. The molecular formula is C27H29ClFN3O6. The molecule has 3 aromatic rings. The molecule has 1 aliphatic rings. The van der Waals surface area contributed by atoms with Crippen LogP contribution in [0.3, 0.4) is 0 Å². The van der Waals surface area contributed by atoms with Crippen molar-refractivity contribution in [3.05, 3.63) is 58.1 Å². The number of carbonyl (C=O) groups is 2. The monoisotopic (exact) mass is 545 g/mol. The van der Waals surface area contributed by atoms with E-state index >= 15 is 0 Å². The topological polar surface area (TPSA) is 112 Å². The predicted molar refractivity (Wildman–Crippen MR) is 139 cm³/mol. The van der Waals surface area contributed by atoms with Crippen molar-refractivity contribution >= 4 is 23.4 Å². The van der Waals surface area contributed by atoms with E-state index in [-0.39, 0.29) is 45.5 Å². The molecule has 1 saturated carbocycles. The van der Waals surface area contributed by atoms with Crippen LogP contribution in [0.4, 0.5) is 4.39 Å². The van der Waals surface area contributed by atoms with Gasteiger partial charge >= 0.3 is 0 Å². The lowest BCUT2D eigenvalue weighted by Crippen LogP contribution is -2.34. The summed E-state index contributed by atoms with van der Waals surface area (Å²) in [7, 11) is 4.47. The van der Waals surface area contributed by atoms with Gasteiger partial charge in [0.15, 0.2) is 11.5 Å². The lowest BCUT2D eigenvalue weighted by Gasteiger charge is -2.16. The van der Waals surface area contributed by atoms with Gasteiger partial charge in [-0.15, -0.1) is 0 Å². The molecule has 0 radical (unpaired) electrons. The Bertz CT molecular complexity index is 1300. The number of hydrogen-bond acceptors (Lipinski definition) is 7. The number of ether oxygens (including phenoxy) is 3. The number of aromatic nitrogens is 1. The van der Waals surface area contributed by atoms with Gasteiger partial charge in [0.05, 0.1) is 31.9 Å². The molecule has 11 heteroatoms. The fourth-order valence-electron chi connectivity index (χ4n) is 4.73. The van der Waals surface area contributed by atoms with Crippen molar-refractivity contribution in [2.24, 2.45) is 5.92 Å². The Morgan fingerprint density at radius 3 is 2.45 bits per heavy atom. The van der Waals surface area contributed by atoms with E-state index < -0.39 is 11.7 Å². The van der Waals surface area contributed by atoms with E-state index in [1.54, 1.807) is 19.1 Å². The Morgan fingerprint density at radius 2 is 1.82 bits per heavy atom. The van der Waals surface area contributed by atoms with E-state index in [1.165, 1.54) is 39.5 Å². The average molecular weight is 546 g/mol. The number of methoxy groups -OCH3 is 3. The lowest BCUT2D eigenvalue weighted by molar-refractivity contribution is 0.0926. The molecule has 1 unspecified atom stereocenters. The molecule has 2 aromatic carbocycles.